The first-order chi connectivity index (χ1) is 24.7. The molecule has 2 aliphatic rings. The molecule has 0 amide bonds. The predicted octanol–water partition coefficient (Wildman–Crippen LogP) is 10.6. The van der Waals surface area contributed by atoms with E-state index in [0.29, 0.717) is 38.5 Å². The van der Waals surface area contributed by atoms with Gasteiger partial charge in [0.1, 0.15) is 5.82 Å². The van der Waals surface area contributed by atoms with Crippen LogP contribution in [-0.4, -0.2) is 18.0 Å². The summed E-state index contributed by atoms with van der Waals surface area (Å²) in [6.07, 6.45) is 0.680. The Balaban J connectivity index is 1.22. The summed E-state index contributed by atoms with van der Waals surface area (Å²) in [6.45, 7) is 6.53. The molecule has 1 aliphatic carbocycles. The Morgan fingerprint density at radius 1 is 0.686 bits per heavy atom. The number of aromatic nitrogens is 2. The van der Waals surface area contributed by atoms with Crippen LogP contribution >= 0.6 is 0 Å². The lowest BCUT2D eigenvalue weighted by atomic mass is 9.80. The van der Waals surface area contributed by atoms with Crippen molar-refractivity contribution >= 4 is 42.4 Å². The molecule has 0 radical (unpaired) electrons. The standard InChI is InChI=1S/C45H31N3O2S/c1-4-41-47-37-14-9-15-39-44(37)48(41)38-21-18-28(24-40(38)51(39,49)50)43-33-12-7-5-10-31(33)42(32-11-6-8-13-34(32)43)27-17-20-30-29-19-16-26(25-46)22-35(29)45(2,3)36(30)23-27/h5-24H,4H2,1-3H3. The van der Waals surface area contributed by atoms with Crippen LogP contribution in [0.4, 0.5) is 0 Å². The van der Waals surface area contributed by atoms with E-state index in [1.54, 1.807) is 12.1 Å². The Kier molecular flexibility index (Phi) is 6.00. The molecule has 0 unspecified atom stereocenters. The maximum absolute atomic E-state index is 14.3. The highest BCUT2D eigenvalue weighted by Crippen LogP contribution is 2.52. The Labute approximate surface area is 296 Å². The van der Waals surface area contributed by atoms with Crippen molar-refractivity contribution in [3.63, 3.8) is 0 Å². The summed E-state index contributed by atoms with van der Waals surface area (Å²) < 4.78 is 30.7. The Morgan fingerprint density at radius 2 is 1.27 bits per heavy atom. The molecule has 5 nitrogen and oxygen atoms in total. The topological polar surface area (TPSA) is 75.8 Å². The number of hydrogen-bond donors (Lipinski definition) is 0. The molecule has 0 N–H and O–H groups in total. The summed E-state index contributed by atoms with van der Waals surface area (Å²) in [5.74, 6) is 0.840. The molecular weight excluding hydrogens is 647 g/mol. The van der Waals surface area contributed by atoms with E-state index in [2.05, 4.69) is 98.8 Å². The maximum Gasteiger partial charge on any atom is 0.210 e. The van der Waals surface area contributed by atoms with Crippen molar-refractivity contribution in [1.82, 2.24) is 9.55 Å². The van der Waals surface area contributed by atoms with Gasteiger partial charge >= 0.3 is 0 Å². The van der Waals surface area contributed by atoms with E-state index >= 15 is 0 Å². The van der Waals surface area contributed by atoms with Crippen LogP contribution in [0.15, 0.2) is 131 Å². The molecule has 0 saturated carbocycles. The fraction of sp³-hybridized carbons (Fsp3) is 0.111. The van der Waals surface area contributed by atoms with Crippen LogP contribution in [0.5, 0.6) is 0 Å². The van der Waals surface area contributed by atoms with Crippen LogP contribution < -0.4 is 0 Å². The molecule has 1 aliphatic heterocycles. The molecule has 7 aromatic carbocycles. The highest BCUT2D eigenvalue weighted by molar-refractivity contribution is 7.92. The van der Waals surface area contributed by atoms with Gasteiger partial charge in [-0.2, -0.15) is 5.26 Å². The lowest BCUT2D eigenvalue weighted by molar-refractivity contribution is 0.594. The van der Waals surface area contributed by atoms with Crippen molar-refractivity contribution in [1.29, 1.82) is 5.26 Å². The number of nitrogens with zero attached hydrogens (tertiary/aromatic N) is 3. The summed E-state index contributed by atoms with van der Waals surface area (Å²) in [7, 11) is -3.81. The molecule has 2 heterocycles. The van der Waals surface area contributed by atoms with Crippen molar-refractivity contribution in [2.45, 2.75) is 42.4 Å². The van der Waals surface area contributed by atoms with E-state index in [9.17, 15) is 13.7 Å². The SMILES string of the molecule is CCc1nc2cccc3c2n1-c1ccc(-c2c4ccccc4c(-c4ccc5c(c4)C(C)(C)c4cc(C#N)ccc4-5)c4ccccc24)cc1S3(=O)=O. The van der Waals surface area contributed by atoms with Gasteiger partial charge in [0.25, 0.3) is 0 Å². The lowest BCUT2D eigenvalue weighted by Crippen LogP contribution is -2.16. The minimum atomic E-state index is -3.81. The number of para-hydroxylation sites is 1. The number of sulfone groups is 1. The Bertz CT molecular complexity index is 2960. The van der Waals surface area contributed by atoms with Gasteiger partial charge in [0.15, 0.2) is 0 Å². The first-order valence-electron chi connectivity index (χ1n) is 17.3. The number of imidazole rings is 1. The summed E-state index contributed by atoms with van der Waals surface area (Å²) in [5, 5.41) is 13.9. The quantitative estimate of drug-likeness (QED) is 0.174. The highest BCUT2D eigenvalue weighted by atomic mass is 32.2. The van der Waals surface area contributed by atoms with Crippen molar-refractivity contribution < 1.29 is 8.42 Å². The van der Waals surface area contributed by atoms with Crippen molar-refractivity contribution in [3.05, 3.63) is 144 Å². The lowest BCUT2D eigenvalue weighted by Gasteiger charge is -2.24. The molecular formula is C45H31N3O2S. The fourth-order valence-corrected chi connectivity index (χ4v) is 10.4. The normalized spacial score (nSPS) is 14.7. The van der Waals surface area contributed by atoms with E-state index in [1.807, 2.05) is 41.8 Å². The van der Waals surface area contributed by atoms with Crippen molar-refractivity contribution in [3.8, 4) is 45.1 Å². The van der Waals surface area contributed by atoms with Gasteiger partial charge in [0.2, 0.25) is 9.84 Å². The zero-order chi connectivity index (χ0) is 34.8. The molecule has 1 aromatic heterocycles. The average Bonchev–Trinajstić information content (AvgIpc) is 3.64. The first-order valence-corrected chi connectivity index (χ1v) is 18.7. The van der Waals surface area contributed by atoms with Crippen LogP contribution in [0, 0.1) is 11.3 Å². The van der Waals surface area contributed by atoms with Gasteiger partial charge in [-0.3, -0.25) is 4.57 Å². The second-order valence-corrected chi connectivity index (χ2v) is 16.0. The molecule has 0 saturated heterocycles. The third-order valence-electron chi connectivity index (χ3n) is 11.1. The van der Waals surface area contributed by atoms with Crippen LogP contribution in [0.3, 0.4) is 0 Å². The zero-order valence-corrected chi connectivity index (χ0v) is 29.1. The molecule has 10 rings (SSSR count). The van der Waals surface area contributed by atoms with Crippen LogP contribution in [0.1, 0.15) is 43.3 Å². The van der Waals surface area contributed by atoms with Crippen LogP contribution in [0.25, 0.3) is 71.6 Å². The summed E-state index contributed by atoms with van der Waals surface area (Å²) >= 11 is 0. The maximum atomic E-state index is 14.3. The Morgan fingerprint density at radius 3 is 1.90 bits per heavy atom. The number of rotatable bonds is 3. The second kappa shape index (κ2) is 10.3. The largest absolute Gasteiger partial charge is 0.294 e. The first kappa shape index (κ1) is 29.8. The minimum Gasteiger partial charge on any atom is -0.294 e. The minimum absolute atomic E-state index is 0.273. The highest BCUT2D eigenvalue weighted by Gasteiger charge is 2.37. The summed E-state index contributed by atoms with van der Waals surface area (Å²) in [5.41, 5.74) is 11.3. The third kappa shape index (κ3) is 3.90. The van der Waals surface area contributed by atoms with Gasteiger partial charge in [0, 0.05) is 11.8 Å². The van der Waals surface area contributed by atoms with E-state index in [0.717, 1.165) is 49.6 Å². The molecule has 0 atom stereocenters. The fourth-order valence-electron chi connectivity index (χ4n) is 8.76. The third-order valence-corrected chi connectivity index (χ3v) is 12.9. The van der Waals surface area contributed by atoms with Gasteiger partial charge in [0.05, 0.1) is 38.1 Å². The van der Waals surface area contributed by atoms with E-state index in [1.165, 1.54) is 22.3 Å². The smallest absolute Gasteiger partial charge is 0.210 e. The number of fused-ring (bicyclic) bond motifs is 7. The number of aryl methyl sites for hydroxylation is 1. The summed E-state index contributed by atoms with van der Waals surface area (Å²) in [4.78, 5) is 5.40. The molecule has 8 aromatic rings. The number of nitriles is 1. The zero-order valence-electron chi connectivity index (χ0n) is 28.3. The van der Waals surface area contributed by atoms with Gasteiger partial charge < -0.3 is 0 Å². The second-order valence-electron chi connectivity index (χ2n) is 14.1. The van der Waals surface area contributed by atoms with Gasteiger partial charge in [-0.1, -0.05) is 99.6 Å². The summed E-state index contributed by atoms with van der Waals surface area (Å²) in [6, 6.07) is 43.3. The number of hydrogen-bond acceptors (Lipinski definition) is 4. The van der Waals surface area contributed by atoms with Gasteiger partial charge in [-0.25, -0.2) is 13.4 Å². The van der Waals surface area contributed by atoms with Crippen LogP contribution in [0.2, 0.25) is 0 Å². The van der Waals surface area contributed by atoms with Crippen molar-refractivity contribution in [2.24, 2.45) is 0 Å². The van der Waals surface area contributed by atoms with E-state index < -0.39 is 9.84 Å². The van der Waals surface area contributed by atoms with E-state index in [4.69, 9.17) is 4.98 Å². The molecule has 51 heavy (non-hydrogen) atoms. The Hall–Kier alpha value is -6.03. The number of benzene rings is 7. The average molecular weight is 678 g/mol. The molecule has 0 spiro atoms. The van der Waals surface area contributed by atoms with Gasteiger partial charge in [-0.05, 0) is 109 Å². The van der Waals surface area contributed by atoms with Crippen molar-refractivity contribution in [2.75, 3.05) is 0 Å². The van der Waals surface area contributed by atoms with E-state index in [-0.39, 0.29) is 5.41 Å². The molecule has 0 bridgehead atoms. The van der Waals surface area contributed by atoms with Gasteiger partial charge in [-0.15, -0.1) is 0 Å². The molecule has 0 fully saturated rings. The molecule has 6 heteroatoms. The molecule has 244 valence electrons. The predicted molar refractivity (Wildman–Crippen MR) is 204 cm³/mol. The monoisotopic (exact) mass is 677 g/mol. The van der Waals surface area contributed by atoms with Crippen LogP contribution in [-0.2, 0) is 21.7 Å².